The molecule has 0 aliphatic carbocycles. The van der Waals surface area contributed by atoms with E-state index in [-0.39, 0.29) is 6.10 Å². The Hall–Kier alpha value is -2.01. The van der Waals surface area contributed by atoms with E-state index in [4.69, 9.17) is 4.74 Å². The first kappa shape index (κ1) is 12.0. The molecule has 0 unspecified atom stereocenters. The van der Waals surface area contributed by atoms with Crippen molar-refractivity contribution in [1.82, 2.24) is 19.9 Å². The highest BCUT2D eigenvalue weighted by molar-refractivity contribution is 5.52. The third-order valence-electron chi connectivity index (χ3n) is 3.18. The van der Waals surface area contributed by atoms with Gasteiger partial charge in [0.2, 0.25) is 5.88 Å². The van der Waals surface area contributed by atoms with Gasteiger partial charge in [-0.15, -0.1) is 0 Å². The Labute approximate surface area is 112 Å². The summed E-state index contributed by atoms with van der Waals surface area (Å²) in [7, 11) is 2.10. The molecule has 98 valence electrons. The number of rotatable bonds is 3. The normalized spacial score (nSPS) is 19.5. The number of nitrogens with zero attached hydrogens (tertiary/aromatic N) is 4. The van der Waals surface area contributed by atoms with Crippen molar-refractivity contribution in [3.8, 4) is 17.3 Å². The van der Waals surface area contributed by atoms with Crippen molar-refractivity contribution in [3.05, 3.63) is 36.8 Å². The quantitative estimate of drug-likeness (QED) is 0.835. The number of hydrogen-bond acceptors (Lipinski definition) is 5. The fourth-order valence-electron chi connectivity index (χ4n) is 2.20. The molecular weight excluding hydrogens is 240 g/mol. The lowest BCUT2D eigenvalue weighted by molar-refractivity contribution is 0.199. The molecule has 0 radical (unpaired) electrons. The predicted molar refractivity (Wildman–Crippen MR) is 71.8 cm³/mol. The fourth-order valence-corrected chi connectivity index (χ4v) is 2.20. The highest BCUT2D eigenvalue weighted by Crippen LogP contribution is 2.18. The molecule has 0 bridgehead atoms. The molecule has 0 saturated carbocycles. The van der Waals surface area contributed by atoms with Crippen LogP contribution in [0.2, 0.25) is 0 Å². The van der Waals surface area contributed by atoms with E-state index in [2.05, 4.69) is 26.9 Å². The zero-order valence-corrected chi connectivity index (χ0v) is 10.9. The van der Waals surface area contributed by atoms with Crippen LogP contribution in [0.4, 0.5) is 0 Å². The van der Waals surface area contributed by atoms with E-state index in [0.29, 0.717) is 5.88 Å². The molecule has 2 aromatic rings. The van der Waals surface area contributed by atoms with Gasteiger partial charge in [-0.25, -0.2) is 4.98 Å². The molecule has 3 heterocycles. The highest BCUT2D eigenvalue weighted by atomic mass is 16.5. The summed E-state index contributed by atoms with van der Waals surface area (Å²) in [5.74, 6) is 0.573. The minimum Gasteiger partial charge on any atom is -0.472 e. The minimum absolute atomic E-state index is 0.207. The van der Waals surface area contributed by atoms with Gasteiger partial charge in [0.25, 0.3) is 0 Å². The third kappa shape index (κ3) is 2.88. The summed E-state index contributed by atoms with van der Waals surface area (Å²) in [6.07, 6.45) is 6.35. The highest BCUT2D eigenvalue weighted by Gasteiger charge is 2.21. The monoisotopic (exact) mass is 256 g/mol. The number of hydrogen-bond donors (Lipinski definition) is 0. The summed E-state index contributed by atoms with van der Waals surface area (Å²) in [4.78, 5) is 15.2. The average Bonchev–Trinajstić information content (AvgIpc) is 2.85. The van der Waals surface area contributed by atoms with Gasteiger partial charge in [-0.05, 0) is 25.6 Å². The number of ether oxygens (including phenoxy) is 1. The molecule has 1 aliphatic heterocycles. The second-order valence-electron chi connectivity index (χ2n) is 4.75. The lowest BCUT2D eigenvalue weighted by Crippen LogP contribution is -2.21. The second kappa shape index (κ2) is 5.32. The van der Waals surface area contributed by atoms with Crippen molar-refractivity contribution in [2.24, 2.45) is 0 Å². The molecule has 2 aromatic heterocycles. The van der Waals surface area contributed by atoms with E-state index < -0.39 is 0 Å². The van der Waals surface area contributed by atoms with Gasteiger partial charge in [-0.3, -0.25) is 9.97 Å². The molecule has 0 aromatic carbocycles. The number of likely N-dealkylation sites (tertiary alicyclic amines) is 1. The topological polar surface area (TPSA) is 51.1 Å². The van der Waals surface area contributed by atoms with Crippen LogP contribution in [-0.4, -0.2) is 46.1 Å². The van der Waals surface area contributed by atoms with Crippen molar-refractivity contribution in [1.29, 1.82) is 0 Å². The van der Waals surface area contributed by atoms with E-state index in [1.807, 2.05) is 18.2 Å². The maximum Gasteiger partial charge on any atom is 0.233 e. The Kier molecular flexibility index (Phi) is 3.37. The minimum atomic E-state index is 0.207. The molecule has 5 nitrogen and oxygen atoms in total. The summed E-state index contributed by atoms with van der Waals surface area (Å²) in [6, 6.07) is 5.73. The van der Waals surface area contributed by atoms with Gasteiger partial charge < -0.3 is 9.64 Å². The molecule has 1 fully saturated rings. The molecule has 1 atom stereocenters. The maximum absolute atomic E-state index is 5.86. The van der Waals surface area contributed by atoms with Crippen LogP contribution in [0.15, 0.2) is 36.8 Å². The molecule has 5 heteroatoms. The summed E-state index contributed by atoms with van der Waals surface area (Å²) in [5, 5.41) is 0. The summed E-state index contributed by atoms with van der Waals surface area (Å²) >= 11 is 0. The zero-order chi connectivity index (χ0) is 13.1. The number of pyridine rings is 1. The molecule has 0 spiro atoms. The SMILES string of the molecule is CN1CC[C@H](Oc2cncc(-c3ccccn3)n2)C1. The maximum atomic E-state index is 5.86. The zero-order valence-electron chi connectivity index (χ0n) is 10.9. The van der Waals surface area contributed by atoms with Gasteiger partial charge in [0, 0.05) is 19.3 Å². The van der Waals surface area contributed by atoms with Crippen molar-refractivity contribution in [2.45, 2.75) is 12.5 Å². The molecule has 1 saturated heterocycles. The number of likely N-dealkylation sites (N-methyl/N-ethyl adjacent to an activating group) is 1. The third-order valence-corrected chi connectivity index (χ3v) is 3.18. The molecule has 19 heavy (non-hydrogen) atoms. The Bertz CT molecular complexity index is 546. The van der Waals surface area contributed by atoms with Gasteiger partial charge in [-0.1, -0.05) is 6.07 Å². The first-order valence-corrected chi connectivity index (χ1v) is 6.40. The van der Waals surface area contributed by atoms with Gasteiger partial charge in [0.05, 0.1) is 18.1 Å². The molecule has 0 amide bonds. The van der Waals surface area contributed by atoms with Crippen LogP contribution in [0.25, 0.3) is 11.4 Å². The smallest absolute Gasteiger partial charge is 0.233 e. The first-order valence-electron chi connectivity index (χ1n) is 6.40. The van der Waals surface area contributed by atoms with Gasteiger partial charge >= 0.3 is 0 Å². The standard InChI is InChI=1S/C14H16N4O/c1-18-7-5-11(10-18)19-14-9-15-8-13(17-14)12-4-2-3-6-16-12/h2-4,6,8-9,11H,5,7,10H2,1H3/t11-/m0/s1. The molecule has 3 rings (SSSR count). The fraction of sp³-hybridized carbons (Fsp3) is 0.357. The van der Waals surface area contributed by atoms with Crippen LogP contribution in [0.3, 0.4) is 0 Å². The van der Waals surface area contributed by atoms with Crippen LogP contribution in [0, 0.1) is 0 Å². The van der Waals surface area contributed by atoms with Crippen molar-refractivity contribution < 1.29 is 4.74 Å². The van der Waals surface area contributed by atoms with Crippen molar-refractivity contribution in [2.75, 3.05) is 20.1 Å². The van der Waals surface area contributed by atoms with Crippen LogP contribution >= 0.6 is 0 Å². The van der Waals surface area contributed by atoms with Crippen LogP contribution in [0.5, 0.6) is 5.88 Å². The summed E-state index contributed by atoms with van der Waals surface area (Å²) < 4.78 is 5.86. The molecular formula is C14H16N4O. The van der Waals surface area contributed by atoms with Crippen molar-refractivity contribution in [3.63, 3.8) is 0 Å². The molecule has 0 N–H and O–H groups in total. The van der Waals surface area contributed by atoms with Crippen LogP contribution in [-0.2, 0) is 0 Å². The Morgan fingerprint density at radius 2 is 2.21 bits per heavy atom. The van der Waals surface area contributed by atoms with Gasteiger partial charge in [0.15, 0.2) is 0 Å². The summed E-state index contributed by atoms with van der Waals surface area (Å²) in [5.41, 5.74) is 1.55. The first-order chi connectivity index (χ1) is 9.31. The van der Waals surface area contributed by atoms with E-state index in [0.717, 1.165) is 30.9 Å². The lowest BCUT2D eigenvalue weighted by Gasteiger charge is -2.12. The van der Waals surface area contributed by atoms with E-state index in [1.54, 1.807) is 18.6 Å². The summed E-state index contributed by atoms with van der Waals surface area (Å²) in [6.45, 7) is 2.01. The van der Waals surface area contributed by atoms with E-state index in [1.165, 1.54) is 0 Å². The van der Waals surface area contributed by atoms with E-state index >= 15 is 0 Å². The number of aromatic nitrogens is 3. The van der Waals surface area contributed by atoms with Crippen LogP contribution < -0.4 is 4.74 Å². The average molecular weight is 256 g/mol. The van der Waals surface area contributed by atoms with Gasteiger partial charge in [0.1, 0.15) is 11.8 Å². The largest absolute Gasteiger partial charge is 0.472 e. The Morgan fingerprint density at radius 3 is 2.95 bits per heavy atom. The second-order valence-corrected chi connectivity index (χ2v) is 4.75. The Balaban J connectivity index is 1.77. The van der Waals surface area contributed by atoms with Crippen molar-refractivity contribution >= 4 is 0 Å². The molecule has 1 aliphatic rings. The van der Waals surface area contributed by atoms with Gasteiger partial charge in [-0.2, -0.15) is 0 Å². The lowest BCUT2D eigenvalue weighted by atomic mass is 10.3. The van der Waals surface area contributed by atoms with E-state index in [9.17, 15) is 0 Å². The predicted octanol–water partition coefficient (Wildman–Crippen LogP) is 1.62. The van der Waals surface area contributed by atoms with Crippen LogP contribution in [0.1, 0.15) is 6.42 Å². The Morgan fingerprint density at radius 1 is 1.26 bits per heavy atom.